The second-order valence-electron chi connectivity index (χ2n) is 4.07. The number of carbonyl (C=O) groups is 1. The molecule has 0 saturated heterocycles. The van der Waals surface area contributed by atoms with Gasteiger partial charge in [0.25, 0.3) is 0 Å². The molecule has 0 aliphatic rings. The van der Waals surface area contributed by atoms with Gasteiger partial charge in [-0.2, -0.15) is 0 Å². The van der Waals surface area contributed by atoms with Gasteiger partial charge < -0.3 is 4.74 Å². The van der Waals surface area contributed by atoms with Crippen LogP contribution < -0.4 is 4.72 Å². The summed E-state index contributed by atoms with van der Waals surface area (Å²) in [4.78, 5) is 12.2. The predicted octanol–water partition coefficient (Wildman–Crippen LogP) is 3.41. The van der Waals surface area contributed by atoms with Gasteiger partial charge in [0.15, 0.2) is 0 Å². The minimum absolute atomic E-state index is 0.243. The van der Waals surface area contributed by atoms with E-state index in [0.29, 0.717) is 12.1 Å². The van der Waals surface area contributed by atoms with Gasteiger partial charge in [0.1, 0.15) is 5.82 Å². The maximum Gasteiger partial charge on any atom is 0.337 e. The lowest BCUT2D eigenvalue weighted by Gasteiger charge is -2.05. The van der Waals surface area contributed by atoms with Crippen LogP contribution in [0.25, 0.3) is 0 Å². The molecule has 0 unspecified atom stereocenters. The van der Waals surface area contributed by atoms with Gasteiger partial charge in [-0.3, -0.25) is 4.72 Å². The number of ether oxygens (including phenoxy) is 1. The Hall–Kier alpha value is -1.85. The van der Waals surface area contributed by atoms with E-state index in [9.17, 15) is 9.18 Å². The van der Waals surface area contributed by atoms with E-state index in [1.807, 2.05) is 12.1 Å². The van der Waals surface area contributed by atoms with E-state index in [1.165, 1.54) is 31.2 Å². The van der Waals surface area contributed by atoms with Crippen molar-refractivity contribution in [3.63, 3.8) is 0 Å². The minimum atomic E-state index is -0.342. The first-order valence-corrected chi connectivity index (χ1v) is 6.83. The largest absolute Gasteiger partial charge is 0.465 e. The SMILES string of the molecule is COC(=O)c1ccc(CNSc2ccc(F)cc2)cc1. The first kappa shape index (κ1) is 14.6. The van der Waals surface area contributed by atoms with E-state index in [4.69, 9.17) is 0 Å². The molecule has 0 radical (unpaired) electrons. The highest BCUT2D eigenvalue weighted by Gasteiger charge is 2.04. The molecule has 0 saturated carbocycles. The summed E-state index contributed by atoms with van der Waals surface area (Å²) < 4.78 is 20.6. The highest BCUT2D eigenvalue weighted by Crippen LogP contribution is 2.15. The Bertz CT molecular complexity index is 569. The number of nitrogens with one attached hydrogen (secondary N) is 1. The highest BCUT2D eigenvalue weighted by molar-refractivity contribution is 7.97. The number of hydrogen-bond acceptors (Lipinski definition) is 4. The summed E-state index contributed by atoms with van der Waals surface area (Å²) in [6.07, 6.45) is 0. The van der Waals surface area contributed by atoms with Gasteiger partial charge in [0.2, 0.25) is 0 Å². The molecule has 2 rings (SSSR count). The summed E-state index contributed by atoms with van der Waals surface area (Å²) in [7, 11) is 1.36. The van der Waals surface area contributed by atoms with Crippen molar-refractivity contribution in [1.29, 1.82) is 0 Å². The summed E-state index contributed by atoms with van der Waals surface area (Å²) in [6.45, 7) is 0.642. The molecule has 0 heterocycles. The van der Waals surface area contributed by atoms with Crippen molar-refractivity contribution in [3.8, 4) is 0 Å². The summed E-state index contributed by atoms with van der Waals surface area (Å²) in [5, 5.41) is 0. The molecular formula is C15H14FNO2S. The number of methoxy groups -OCH3 is 1. The third-order valence-corrected chi connectivity index (χ3v) is 3.45. The molecular weight excluding hydrogens is 277 g/mol. The molecule has 0 amide bonds. The van der Waals surface area contributed by atoms with Crippen LogP contribution in [0, 0.1) is 5.82 Å². The lowest BCUT2D eigenvalue weighted by molar-refractivity contribution is 0.0600. The van der Waals surface area contributed by atoms with E-state index < -0.39 is 0 Å². The normalized spacial score (nSPS) is 10.3. The molecule has 3 nitrogen and oxygen atoms in total. The summed E-state index contributed by atoms with van der Waals surface area (Å²) in [5.41, 5.74) is 1.58. The number of hydrogen-bond donors (Lipinski definition) is 1. The van der Waals surface area contributed by atoms with Crippen LogP contribution in [0.3, 0.4) is 0 Å². The number of benzene rings is 2. The van der Waals surface area contributed by atoms with Crippen LogP contribution in [-0.4, -0.2) is 13.1 Å². The Morgan fingerprint density at radius 1 is 1.15 bits per heavy atom. The molecule has 0 aromatic heterocycles. The standard InChI is InChI=1S/C15H14FNO2S/c1-19-15(18)12-4-2-11(3-5-12)10-17-20-14-8-6-13(16)7-9-14/h2-9,17H,10H2,1H3. The lowest BCUT2D eigenvalue weighted by atomic mass is 10.1. The molecule has 0 bridgehead atoms. The first-order chi connectivity index (χ1) is 9.69. The molecule has 1 N–H and O–H groups in total. The Morgan fingerprint density at radius 2 is 1.80 bits per heavy atom. The van der Waals surface area contributed by atoms with Crippen molar-refractivity contribution >= 4 is 17.9 Å². The molecule has 0 fully saturated rings. The average molecular weight is 291 g/mol. The number of rotatable bonds is 5. The van der Waals surface area contributed by atoms with Crippen LogP contribution in [0.1, 0.15) is 15.9 Å². The van der Waals surface area contributed by atoms with E-state index >= 15 is 0 Å². The van der Waals surface area contributed by atoms with Gasteiger partial charge >= 0.3 is 5.97 Å². The van der Waals surface area contributed by atoms with Crippen LogP contribution in [0.5, 0.6) is 0 Å². The van der Waals surface area contributed by atoms with Gasteiger partial charge in [0, 0.05) is 11.4 Å². The number of esters is 1. The second kappa shape index (κ2) is 7.07. The summed E-state index contributed by atoms with van der Waals surface area (Å²) in [5.74, 6) is -0.585. The molecule has 0 atom stereocenters. The van der Waals surface area contributed by atoms with Crippen LogP contribution in [0.2, 0.25) is 0 Å². The molecule has 0 spiro atoms. The first-order valence-electron chi connectivity index (χ1n) is 6.01. The molecule has 0 aliphatic carbocycles. The molecule has 5 heteroatoms. The maximum atomic E-state index is 12.7. The monoisotopic (exact) mass is 291 g/mol. The minimum Gasteiger partial charge on any atom is -0.465 e. The Morgan fingerprint density at radius 3 is 2.40 bits per heavy atom. The smallest absolute Gasteiger partial charge is 0.337 e. The highest BCUT2D eigenvalue weighted by atomic mass is 32.2. The molecule has 20 heavy (non-hydrogen) atoms. The van der Waals surface area contributed by atoms with Gasteiger partial charge in [-0.1, -0.05) is 12.1 Å². The van der Waals surface area contributed by atoms with Gasteiger partial charge in [-0.15, -0.1) is 0 Å². The topological polar surface area (TPSA) is 38.3 Å². The molecule has 2 aromatic carbocycles. The summed E-state index contributed by atoms with van der Waals surface area (Å²) in [6, 6.07) is 13.5. The van der Waals surface area contributed by atoms with Crippen LogP contribution in [0.15, 0.2) is 53.4 Å². The Kier molecular flexibility index (Phi) is 5.15. The lowest BCUT2D eigenvalue weighted by Crippen LogP contribution is -2.04. The second-order valence-corrected chi connectivity index (χ2v) is 5.03. The molecule has 0 aliphatic heterocycles. The van der Waals surface area contributed by atoms with Crippen molar-refractivity contribution in [2.45, 2.75) is 11.4 Å². The van der Waals surface area contributed by atoms with E-state index in [0.717, 1.165) is 10.5 Å². The van der Waals surface area contributed by atoms with Crippen molar-refractivity contribution < 1.29 is 13.9 Å². The number of halogens is 1. The van der Waals surface area contributed by atoms with Gasteiger partial charge in [0.05, 0.1) is 12.7 Å². The van der Waals surface area contributed by atoms with Crippen molar-refractivity contribution in [1.82, 2.24) is 4.72 Å². The maximum absolute atomic E-state index is 12.7. The van der Waals surface area contributed by atoms with Crippen molar-refractivity contribution in [2.24, 2.45) is 0 Å². The fraction of sp³-hybridized carbons (Fsp3) is 0.133. The predicted molar refractivity (Wildman–Crippen MR) is 76.9 cm³/mol. The zero-order valence-electron chi connectivity index (χ0n) is 10.9. The fourth-order valence-corrected chi connectivity index (χ4v) is 2.26. The van der Waals surface area contributed by atoms with Crippen LogP contribution in [-0.2, 0) is 11.3 Å². The van der Waals surface area contributed by atoms with Gasteiger partial charge in [-0.25, -0.2) is 9.18 Å². The molecule has 2 aromatic rings. The van der Waals surface area contributed by atoms with E-state index in [-0.39, 0.29) is 11.8 Å². The van der Waals surface area contributed by atoms with E-state index in [2.05, 4.69) is 9.46 Å². The fourth-order valence-electron chi connectivity index (χ4n) is 1.58. The zero-order valence-corrected chi connectivity index (χ0v) is 11.7. The van der Waals surface area contributed by atoms with E-state index in [1.54, 1.807) is 24.3 Å². The molecule has 104 valence electrons. The summed E-state index contributed by atoms with van der Waals surface area (Å²) >= 11 is 1.43. The van der Waals surface area contributed by atoms with Crippen molar-refractivity contribution in [3.05, 3.63) is 65.5 Å². The van der Waals surface area contributed by atoms with Crippen LogP contribution in [0.4, 0.5) is 4.39 Å². The zero-order chi connectivity index (χ0) is 14.4. The Labute approximate surface area is 121 Å². The quantitative estimate of drug-likeness (QED) is 0.677. The number of carbonyl (C=O) groups excluding carboxylic acids is 1. The van der Waals surface area contributed by atoms with Crippen LogP contribution >= 0.6 is 11.9 Å². The average Bonchev–Trinajstić information content (AvgIpc) is 2.49. The van der Waals surface area contributed by atoms with Crippen molar-refractivity contribution in [2.75, 3.05) is 7.11 Å². The Balaban J connectivity index is 1.85. The third-order valence-electron chi connectivity index (χ3n) is 2.65. The van der Waals surface area contributed by atoms with Gasteiger partial charge in [-0.05, 0) is 53.9 Å². The third kappa shape index (κ3) is 4.08.